The first kappa shape index (κ1) is 9.95. The van der Waals surface area contributed by atoms with E-state index in [-0.39, 0.29) is 1.43 Å². The zero-order valence-corrected chi connectivity index (χ0v) is 7.46. The van der Waals surface area contributed by atoms with E-state index in [0.717, 1.165) is 5.84 Å². The smallest absolute Gasteiger partial charge is 0.0974 e. The van der Waals surface area contributed by atoms with Crippen LogP contribution in [0.1, 0.15) is 22.2 Å². The summed E-state index contributed by atoms with van der Waals surface area (Å²) in [6, 6.07) is 0.347. The molecule has 0 saturated heterocycles. The van der Waals surface area contributed by atoms with E-state index in [9.17, 15) is 0 Å². The fourth-order valence-corrected chi connectivity index (χ4v) is 0.661. The van der Waals surface area contributed by atoms with Gasteiger partial charge in [0.25, 0.3) is 0 Å². The van der Waals surface area contributed by atoms with Crippen LogP contribution in [0.3, 0.4) is 0 Å². The molecule has 1 N–H and O–H groups in total. The van der Waals surface area contributed by atoms with Crippen molar-refractivity contribution >= 4 is 5.84 Å². The van der Waals surface area contributed by atoms with Crippen LogP contribution in [0.15, 0.2) is 29.9 Å². The second-order valence-corrected chi connectivity index (χ2v) is 2.55. The number of nitrogens with zero attached hydrogens (tertiary/aromatic N) is 1. The zero-order chi connectivity index (χ0) is 8.69. The van der Waals surface area contributed by atoms with Gasteiger partial charge in [0.15, 0.2) is 0 Å². The van der Waals surface area contributed by atoms with Crippen LogP contribution in [-0.4, -0.2) is 11.9 Å². The highest BCUT2D eigenvalue weighted by atomic mass is 15.0. The molecule has 0 aromatic rings. The number of rotatable bonds is 3. The van der Waals surface area contributed by atoms with Crippen molar-refractivity contribution in [2.24, 2.45) is 4.99 Å². The highest BCUT2D eigenvalue weighted by molar-refractivity contribution is 5.80. The second-order valence-electron chi connectivity index (χ2n) is 2.55. The lowest BCUT2D eigenvalue weighted by Crippen LogP contribution is -2.14. The van der Waals surface area contributed by atoms with Crippen LogP contribution in [0, 0.1) is 0 Å². The monoisotopic (exact) mass is 154 g/mol. The lowest BCUT2D eigenvalue weighted by atomic mass is 10.4. The standard InChI is InChI=1S/C9H16N2.H2/c1-5-6-7-10-9(4)11-8(2)3;/h5-8H,1H2,2-4H3,(H,10,11);1H/b7-6-;. The Bertz CT molecular complexity index is 171. The molecule has 0 aliphatic rings. The lowest BCUT2D eigenvalue weighted by molar-refractivity contribution is 0.827. The largest absolute Gasteiger partial charge is 0.351 e. The van der Waals surface area contributed by atoms with Gasteiger partial charge < -0.3 is 5.32 Å². The fourth-order valence-electron chi connectivity index (χ4n) is 0.661. The van der Waals surface area contributed by atoms with Crippen LogP contribution in [-0.2, 0) is 0 Å². The maximum absolute atomic E-state index is 4.27. The molecule has 0 heterocycles. The van der Waals surface area contributed by atoms with Crippen LogP contribution in [0.25, 0.3) is 0 Å². The molecule has 64 valence electrons. The molecule has 0 aliphatic carbocycles. The van der Waals surface area contributed by atoms with E-state index in [4.69, 9.17) is 0 Å². The fraction of sp³-hybridized carbons (Fsp3) is 0.444. The van der Waals surface area contributed by atoms with Gasteiger partial charge in [-0.1, -0.05) is 12.7 Å². The highest BCUT2D eigenvalue weighted by Gasteiger charge is 1.87. The van der Waals surface area contributed by atoms with Crippen LogP contribution >= 0.6 is 0 Å². The van der Waals surface area contributed by atoms with Crippen LogP contribution in [0.5, 0.6) is 0 Å². The third-order valence-corrected chi connectivity index (χ3v) is 0.976. The molecule has 0 radical (unpaired) electrons. The second kappa shape index (κ2) is 5.71. The summed E-state index contributed by atoms with van der Waals surface area (Å²) in [5.74, 6) is 0.929. The molecule has 0 rings (SSSR count). The molecule has 2 nitrogen and oxygen atoms in total. The van der Waals surface area contributed by atoms with Crippen LogP contribution < -0.4 is 5.32 Å². The summed E-state index contributed by atoms with van der Waals surface area (Å²) in [5.41, 5.74) is 0. The SMILES string of the molecule is C=C/C=C\NC(C)=NC(C)C.[HH]. The minimum Gasteiger partial charge on any atom is -0.351 e. The van der Waals surface area contributed by atoms with Crippen molar-refractivity contribution in [3.05, 3.63) is 24.9 Å². The Kier molecular flexibility index (Phi) is 5.17. The van der Waals surface area contributed by atoms with E-state index in [1.807, 2.05) is 33.0 Å². The molecular weight excluding hydrogens is 136 g/mol. The van der Waals surface area contributed by atoms with Crippen molar-refractivity contribution in [2.45, 2.75) is 26.8 Å². The summed E-state index contributed by atoms with van der Waals surface area (Å²) in [7, 11) is 0. The van der Waals surface area contributed by atoms with Crippen molar-refractivity contribution in [2.75, 3.05) is 0 Å². The number of hydrogen-bond acceptors (Lipinski definition) is 1. The summed E-state index contributed by atoms with van der Waals surface area (Å²) in [6.45, 7) is 9.58. The Morgan fingerprint density at radius 3 is 2.73 bits per heavy atom. The number of nitrogens with one attached hydrogen (secondary N) is 1. The van der Waals surface area contributed by atoms with Gasteiger partial charge in [-0.25, -0.2) is 0 Å². The molecule has 11 heavy (non-hydrogen) atoms. The van der Waals surface area contributed by atoms with Gasteiger partial charge in [-0.3, -0.25) is 4.99 Å². The van der Waals surface area contributed by atoms with Gasteiger partial charge in [-0.15, -0.1) is 0 Å². The Labute approximate surface area is 70.2 Å². The molecule has 0 amide bonds. The number of amidine groups is 1. The Balaban J connectivity index is 0. The summed E-state index contributed by atoms with van der Waals surface area (Å²) >= 11 is 0. The first-order valence-corrected chi connectivity index (χ1v) is 3.75. The van der Waals surface area contributed by atoms with Gasteiger partial charge >= 0.3 is 0 Å². The molecule has 0 unspecified atom stereocenters. The summed E-state index contributed by atoms with van der Waals surface area (Å²) < 4.78 is 0. The first-order valence-electron chi connectivity index (χ1n) is 3.75. The highest BCUT2D eigenvalue weighted by Crippen LogP contribution is 1.85. The van der Waals surface area contributed by atoms with Crippen molar-refractivity contribution < 1.29 is 1.43 Å². The number of aliphatic imine (C=N–C) groups is 1. The Morgan fingerprint density at radius 1 is 1.64 bits per heavy atom. The summed E-state index contributed by atoms with van der Waals surface area (Å²) in [5, 5.41) is 3.01. The molecule has 0 saturated carbocycles. The van der Waals surface area contributed by atoms with E-state index in [0.29, 0.717) is 6.04 Å². The number of hydrogen-bond donors (Lipinski definition) is 1. The number of allylic oxidation sites excluding steroid dienone is 2. The first-order chi connectivity index (χ1) is 5.16. The molecule has 0 spiro atoms. The van der Waals surface area contributed by atoms with Gasteiger partial charge in [-0.2, -0.15) is 0 Å². The van der Waals surface area contributed by atoms with Gasteiger partial charge in [0.05, 0.1) is 5.84 Å². The molecule has 0 aromatic carbocycles. The van der Waals surface area contributed by atoms with Crippen molar-refractivity contribution in [3.8, 4) is 0 Å². The maximum atomic E-state index is 4.27. The Morgan fingerprint density at radius 2 is 2.27 bits per heavy atom. The molecule has 2 heteroatoms. The topological polar surface area (TPSA) is 24.4 Å². The summed E-state index contributed by atoms with van der Waals surface area (Å²) in [4.78, 5) is 4.27. The Hall–Kier alpha value is -1.05. The normalized spacial score (nSPS) is 12.5. The molecule has 0 fully saturated rings. The van der Waals surface area contributed by atoms with Crippen molar-refractivity contribution in [3.63, 3.8) is 0 Å². The van der Waals surface area contributed by atoms with Gasteiger partial charge in [-0.05, 0) is 26.8 Å². The van der Waals surface area contributed by atoms with E-state index in [1.54, 1.807) is 6.08 Å². The quantitative estimate of drug-likeness (QED) is 0.376. The third kappa shape index (κ3) is 6.84. The molecule has 0 atom stereocenters. The van der Waals surface area contributed by atoms with Crippen LogP contribution in [0.2, 0.25) is 0 Å². The van der Waals surface area contributed by atoms with E-state index in [2.05, 4.69) is 16.9 Å². The molecule has 0 bridgehead atoms. The average molecular weight is 154 g/mol. The van der Waals surface area contributed by atoms with Crippen molar-refractivity contribution in [1.82, 2.24) is 5.32 Å². The van der Waals surface area contributed by atoms with Gasteiger partial charge in [0, 0.05) is 13.7 Å². The lowest BCUT2D eigenvalue weighted by Gasteiger charge is -2.01. The average Bonchev–Trinajstić information content (AvgIpc) is 1.86. The molecular formula is C9H18N2. The van der Waals surface area contributed by atoms with Gasteiger partial charge in [0.2, 0.25) is 0 Å². The maximum Gasteiger partial charge on any atom is 0.0974 e. The van der Waals surface area contributed by atoms with E-state index < -0.39 is 0 Å². The predicted octanol–water partition coefficient (Wildman–Crippen LogP) is 2.35. The minimum atomic E-state index is 0. The van der Waals surface area contributed by atoms with E-state index in [1.165, 1.54) is 0 Å². The summed E-state index contributed by atoms with van der Waals surface area (Å²) in [6.07, 6.45) is 5.36. The van der Waals surface area contributed by atoms with Crippen molar-refractivity contribution in [1.29, 1.82) is 0 Å². The predicted molar refractivity (Wildman–Crippen MR) is 52.8 cm³/mol. The molecule has 0 aromatic heterocycles. The third-order valence-electron chi connectivity index (χ3n) is 0.976. The molecule has 0 aliphatic heterocycles. The van der Waals surface area contributed by atoms with Gasteiger partial charge in [0.1, 0.15) is 0 Å². The van der Waals surface area contributed by atoms with E-state index >= 15 is 0 Å². The van der Waals surface area contributed by atoms with Crippen LogP contribution in [0.4, 0.5) is 0 Å². The zero-order valence-electron chi connectivity index (χ0n) is 7.46. The minimum absolute atomic E-state index is 0.